The van der Waals surface area contributed by atoms with Gasteiger partial charge in [-0.1, -0.05) is 0 Å². The van der Waals surface area contributed by atoms with E-state index in [4.69, 9.17) is 13.9 Å². The molecule has 0 aliphatic heterocycles. The summed E-state index contributed by atoms with van der Waals surface area (Å²) in [4.78, 5) is 24.5. The predicted molar refractivity (Wildman–Crippen MR) is 134 cm³/mol. The van der Waals surface area contributed by atoms with Gasteiger partial charge in [-0.25, -0.2) is 10.9 Å². The van der Waals surface area contributed by atoms with Crippen molar-refractivity contribution in [1.29, 1.82) is 0 Å². The van der Waals surface area contributed by atoms with Gasteiger partial charge in [-0.15, -0.1) is 0 Å². The molecule has 3 aromatic rings. The monoisotopic (exact) mass is 608 g/mol. The highest BCUT2D eigenvalue weighted by Gasteiger charge is 2.15. The van der Waals surface area contributed by atoms with Crippen molar-refractivity contribution in [3.05, 3.63) is 68.0 Å². The van der Waals surface area contributed by atoms with Crippen LogP contribution < -0.4 is 20.3 Å². The molecule has 2 amide bonds. The standard InChI is InChI=1S/C22H18Br2N4O7/c1-33-17-7-11(5-13(23)19(17)29)9-25-27-21(31)15-3-4-16(35-15)22(32)28-26-10-12-6-14(24)20(30)18(8-12)34-2/h3-10,29-30H,1-2H3,(H,27,31)(H,28,32)/b25-9+,26-10+. The number of nitrogens with one attached hydrogen (secondary N) is 2. The number of benzene rings is 2. The second-order valence-corrected chi connectivity index (χ2v) is 8.38. The Morgan fingerprint density at radius 1 is 0.829 bits per heavy atom. The van der Waals surface area contributed by atoms with E-state index >= 15 is 0 Å². The Hall–Kier alpha value is -3.84. The first-order valence-corrected chi connectivity index (χ1v) is 11.2. The molecule has 0 saturated heterocycles. The quantitative estimate of drug-likeness (QED) is 0.224. The molecule has 1 heterocycles. The fourth-order valence-electron chi connectivity index (χ4n) is 2.67. The maximum Gasteiger partial charge on any atom is 0.307 e. The van der Waals surface area contributed by atoms with E-state index in [1.165, 1.54) is 50.9 Å². The minimum atomic E-state index is -0.686. The van der Waals surface area contributed by atoms with E-state index in [1.54, 1.807) is 12.1 Å². The number of hydrazone groups is 2. The molecule has 182 valence electrons. The number of hydrogen-bond acceptors (Lipinski definition) is 9. The summed E-state index contributed by atoms with van der Waals surface area (Å²) in [7, 11) is 2.81. The van der Waals surface area contributed by atoms with Gasteiger partial charge in [0.15, 0.2) is 34.5 Å². The first kappa shape index (κ1) is 25.8. The minimum absolute atomic E-state index is 0.0601. The summed E-state index contributed by atoms with van der Waals surface area (Å²) in [6.07, 6.45) is 2.68. The Bertz CT molecular complexity index is 1220. The fourth-order valence-corrected chi connectivity index (χ4v) is 3.59. The number of aromatic hydroxyl groups is 2. The Labute approximate surface area is 215 Å². The van der Waals surface area contributed by atoms with Crippen molar-refractivity contribution in [2.24, 2.45) is 10.2 Å². The number of phenolic OH excluding ortho intramolecular Hbond substituents is 2. The first-order valence-electron chi connectivity index (χ1n) is 9.63. The maximum absolute atomic E-state index is 12.2. The van der Waals surface area contributed by atoms with Crippen molar-refractivity contribution in [3.63, 3.8) is 0 Å². The summed E-state index contributed by atoms with van der Waals surface area (Å²) < 4.78 is 16.2. The molecular formula is C22H18Br2N4O7. The van der Waals surface area contributed by atoms with Crippen molar-refractivity contribution < 1.29 is 33.7 Å². The Morgan fingerprint density at radius 3 is 1.60 bits per heavy atom. The molecule has 0 unspecified atom stereocenters. The van der Waals surface area contributed by atoms with E-state index in [9.17, 15) is 19.8 Å². The number of methoxy groups -OCH3 is 2. The summed E-state index contributed by atoms with van der Waals surface area (Å²) in [5.41, 5.74) is 5.64. The van der Waals surface area contributed by atoms with Gasteiger partial charge >= 0.3 is 11.8 Å². The van der Waals surface area contributed by atoms with Crippen LogP contribution in [0, 0.1) is 0 Å². The molecule has 2 aromatic carbocycles. The molecule has 0 bridgehead atoms. The van der Waals surface area contributed by atoms with E-state index in [0.717, 1.165) is 0 Å². The summed E-state index contributed by atoms with van der Waals surface area (Å²) >= 11 is 6.39. The van der Waals surface area contributed by atoms with Crippen LogP contribution in [0.3, 0.4) is 0 Å². The van der Waals surface area contributed by atoms with Crippen LogP contribution in [0.15, 0.2) is 60.0 Å². The third-order valence-electron chi connectivity index (χ3n) is 4.35. The van der Waals surface area contributed by atoms with Crippen molar-refractivity contribution in [1.82, 2.24) is 10.9 Å². The second kappa shape index (κ2) is 11.5. The van der Waals surface area contributed by atoms with Crippen molar-refractivity contribution in [2.45, 2.75) is 0 Å². The SMILES string of the molecule is COc1cc(/C=N/NC(=O)c2ccc(C(=O)N/N=C/c3cc(Br)c(O)c(OC)c3)o2)cc(Br)c1O. The maximum atomic E-state index is 12.2. The van der Waals surface area contributed by atoms with Crippen molar-refractivity contribution >= 4 is 56.1 Å². The molecule has 0 atom stereocenters. The molecule has 35 heavy (non-hydrogen) atoms. The Balaban J connectivity index is 1.59. The molecule has 0 spiro atoms. The Morgan fingerprint density at radius 2 is 1.23 bits per heavy atom. The lowest BCUT2D eigenvalue weighted by atomic mass is 10.2. The van der Waals surface area contributed by atoms with Crippen LogP contribution in [0.4, 0.5) is 0 Å². The van der Waals surface area contributed by atoms with Gasteiger partial charge in [0.05, 0.1) is 35.6 Å². The molecule has 0 radical (unpaired) electrons. The molecule has 0 aliphatic rings. The fraction of sp³-hybridized carbons (Fsp3) is 0.0909. The minimum Gasteiger partial charge on any atom is -0.503 e. The third kappa shape index (κ3) is 6.39. The van der Waals surface area contributed by atoms with Crippen molar-refractivity contribution in [2.75, 3.05) is 14.2 Å². The molecule has 11 nitrogen and oxygen atoms in total. The number of rotatable bonds is 8. The molecule has 0 saturated carbocycles. The largest absolute Gasteiger partial charge is 0.503 e. The topological polar surface area (TPSA) is 155 Å². The van der Waals surface area contributed by atoms with E-state index in [1.807, 2.05) is 0 Å². The highest BCUT2D eigenvalue weighted by molar-refractivity contribution is 9.10. The van der Waals surface area contributed by atoms with Gasteiger partial charge in [0.1, 0.15) is 0 Å². The number of carbonyl (C=O) groups excluding carboxylic acids is 2. The molecule has 13 heteroatoms. The number of furan rings is 1. The predicted octanol–water partition coefficient (Wildman–Crippen LogP) is 3.76. The smallest absolute Gasteiger partial charge is 0.307 e. The van der Waals surface area contributed by atoms with Gasteiger partial charge < -0.3 is 24.1 Å². The summed E-state index contributed by atoms with van der Waals surface area (Å²) in [5, 5.41) is 27.3. The van der Waals surface area contributed by atoms with Crippen LogP contribution in [0.1, 0.15) is 32.2 Å². The van der Waals surface area contributed by atoms with E-state index < -0.39 is 11.8 Å². The number of halogens is 2. The van der Waals surface area contributed by atoms with Crippen LogP contribution in [0.5, 0.6) is 23.0 Å². The molecule has 1 aromatic heterocycles. The van der Waals surface area contributed by atoms with E-state index in [-0.39, 0.29) is 34.5 Å². The average molecular weight is 610 g/mol. The molecule has 4 N–H and O–H groups in total. The lowest BCUT2D eigenvalue weighted by molar-refractivity contribution is 0.0902. The lowest BCUT2D eigenvalue weighted by Gasteiger charge is -2.06. The summed E-state index contributed by atoms with van der Waals surface area (Å²) in [6.45, 7) is 0. The van der Waals surface area contributed by atoms with Crippen LogP contribution in [0.25, 0.3) is 0 Å². The summed E-state index contributed by atoms with van der Waals surface area (Å²) in [5.74, 6) is -1.32. The van der Waals surface area contributed by atoms with Gasteiger partial charge in [0.25, 0.3) is 0 Å². The number of amides is 2. The van der Waals surface area contributed by atoms with Gasteiger partial charge in [0, 0.05) is 0 Å². The highest BCUT2D eigenvalue weighted by Crippen LogP contribution is 2.35. The van der Waals surface area contributed by atoms with Crippen LogP contribution in [-0.4, -0.2) is 48.7 Å². The van der Waals surface area contributed by atoms with Crippen LogP contribution >= 0.6 is 31.9 Å². The molecule has 0 aliphatic carbocycles. The van der Waals surface area contributed by atoms with Gasteiger partial charge in [-0.3, -0.25) is 9.59 Å². The van der Waals surface area contributed by atoms with Crippen LogP contribution in [0.2, 0.25) is 0 Å². The zero-order chi connectivity index (χ0) is 25.5. The average Bonchev–Trinajstić information content (AvgIpc) is 3.34. The molecule has 3 rings (SSSR count). The summed E-state index contributed by atoms with van der Waals surface area (Å²) in [6, 6.07) is 8.83. The normalized spacial score (nSPS) is 11.1. The molecule has 0 fully saturated rings. The second-order valence-electron chi connectivity index (χ2n) is 6.67. The third-order valence-corrected chi connectivity index (χ3v) is 5.56. The van der Waals surface area contributed by atoms with E-state index in [0.29, 0.717) is 20.1 Å². The van der Waals surface area contributed by atoms with Crippen molar-refractivity contribution in [3.8, 4) is 23.0 Å². The van der Waals surface area contributed by atoms with Gasteiger partial charge in [-0.05, 0) is 79.4 Å². The molecular weight excluding hydrogens is 592 g/mol. The first-order chi connectivity index (χ1) is 16.7. The zero-order valence-electron chi connectivity index (χ0n) is 18.2. The highest BCUT2D eigenvalue weighted by atomic mass is 79.9. The number of ether oxygens (including phenoxy) is 2. The van der Waals surface area contributed by atoms with E-state index in [2.05, 4.69) is 52.9 Å². The number of phenols is 2. The van der Waals surface area contributed by atoms with Crippen LogP contribution in [-0.2, 0) is 0 Å². The zero-order valence-corrected chi connectivity index (χ0v) is 21.4. The van der Waals surface area contributed by atoms with Gasteiger partial charge in [-0.2, -0.15) is 10.2 Å². The number of hydrogen-bond donors (Lipinski definition) is 4. The lowest BCUT2D eigenvalue weighted by Crippen LogP contribution is -2.18. The van der Waals surface area contributed by atoms with Gasteiger partial charge in [0.2, 0.25) is 0 Å². The number of carbonyl (C=O) groups is 2. The Kier molecular flexibility index (Phi) is 8.49. The number of nitrogens with zero attached hydrogens (tertiary/aromatic N) is 2.